The molecule has 0 fully saturated rings. The van der Waals surface area contributed by atoms with Crippen molar-refractivity contribution in [3.63, 3.8) is 0 Å². The third-order valence-corrected chi connectivity index (χ3v) is 15.2. The molecule has 0 aliphatic rings. The third-order valence-electron chi connectivity index (χ3n) is 14.2. The van der Waals surface area contributed by atoms with E-state index >= 15 is 0 Å². The minimum atomic E-state index is -4.71. The topological polar surface area (TPSA) is 114 Å². The van der Waals surface area contributed by atoms with Crippen LogP contribution in [0.2, 0.25) is 0 Å². The fourth-order valence-corrected chi connectivity index (χ4v) is 9.82. The van der Waals surface area contributed by atoms with Crippen molar-refractivity contribution in [1.82, 2.24) is 5.32 Å². The molecule has 9 nitrogen and oxygen atoms in total. The van der Waals surface area contributed by atoms with Gasteiger partial charge in [0.1, 0.15) is 19.3 Å². The van der Waals surface area contributed by atoms with Crippen LogP contribution in [0.1, 0.15) is 284 Å². The van der Waals surface area contributed by atoms with Gasteiger partial charge in [0.05, 0.1) is 33.8 Å². The molecular weight excluding hydrogens is 1010 g/mol. The molecule has 0 radical (unpaired) electrons. The maximum Gasteiger partial charge on any atom is 0.306 e. The Balaban J connectivity index is 5.19. The molecule has 0 saturated carbocycles. The Morgan fingerprint density at radius 2 is 0.762 bits per heavy atom. The van der Waals surface area contributed by atoms with Crippen LogP contribution in [0, 0.1) is 0 Å². The second-order valence-corrected chi connectivity index (χ2v) is 24.7. The Bertz CT molecular complexity index is 1690. The Morgan fingerprint density at radius 3 is 1.16 bits per heavy atom. The van der Waals surface area contributed by atoms with Crippen LogP contribution >= 0.6 is 7.82 Å². The van der Waals surface area contributed by atoms with E-state index in [0.717, 1.165) is 109 Å². The molecule has 80 heavy (non-hydrogen) atoms. The molecule has 1 amide bonds. The summed E-state index contributed by atoms with van der Waals surface area (Å²) in [6.07, 6.45) is 79.4. The highest BCUT2D eigenvalue weighted by molar-refractivity contribution is 7.45. The molecule has 0 bridgehead atoms. The SMILES string of the molecule is CCCCC/C=C\C/C=C\C/C=C\C/C=C\CCCCCCCCCCCC(=O)NC(COP(=O)([O-])OCC[N+](C)(C)C)C(/C=C\CCCCCCCCCCCC)OC(=O)CCCCCC/C=C\C/C=C\C/C=C\CCCCC. The van der Waals surface area contributed by atoms with Gasteiger partial charge in [0.2, 0.25) is 5.91 Å². The first-order valence-corrected chi connectivity index (χ1v) is 34.5. The predicted molar refractivity (Wildman–Crippen MR) is 344 cm³/mol. The lowest BCUT2D eigenvalue weighted by molar-refractivity contribution is -0.870. The van der Waals surface area contributed by atoms with Gasteiger partial charge in [-0.2, -0.15) is 0 Å². The molecule has 0 aromatic heterocycles. The van der Waals surface area contributed by atoms with E-state index < -0.39 is 26.6 Å². The number of hydrogen-bond donors (Lipinski definition) is 1. The van der Waals surface area contributed by atoms with E-state index in [-0.39, 0.29) is 24.9 Å². The highest BCUT2D eigenvalue weighted by atomic mass is 31.2. The van der Waals surface area contributed by atoms with Crippen LogP contribution in [-0.4, -0.2) is 69.4 Å². The summed E-state index contributed by atoms with van der Waals surface area (Å²) >= 11 is 0. The number of carbonyl (C=O) groups is 2. The number of hydrogen-bond acceptors (Lipinski definition) is 7. The van der Waals surface area contributed by atoms with Crippen molar-refractivity contribution < 1.29 is 37.3 Å². The van der Waals surface area contributed by atoms with Gasteiger partial charge in [0, 0.05) is 12.8 Å². The zero-order chi connectivity index (χ0) is 58.6. The van der Waals surface area contributed by atoms with E-state index in [1.54, 1.807) is 0 Å². The number of unbranched alkanes of at least 4 members (excludes halogenated alkanes) is 29. The number of nitrogens with zero attached hydrogens (tertiary/aromatic N) is 1. The zero-order valence-electron chi connectivity index (χ0n) is 52.8. The van der Waals surface area contributed by atoms with Crippen LogP contribution in [0.25, 0.3) is 0 Å². The quantitative estimate of drug-likeness (QED) is 0.0212. The van der Waals surface area contributed by atoms with Gasteiger partial charge in [0.15, 0.2) is 0 Å². The van der Waals surface area contributed by atoms with Crippen molar-refractivity contribution >= 4 is 19.7 Å². The largest absolute Gasteiger partial charge is 0.756 e. The number of quaternary nitrogens is 1. The number of esters is 1. The first-order valence-electron chi connectivity index (χ1n) is 33.0. The van der Waals surface area contributed by atoms with Gasteiger partial charge in [-0.1, -0.05) is 253 Å². The molecule has 1 N–H and O–H groups in total. The summed E-state index contributed by atoms with van der Waals surface area (Å²) in [6, 6.07) is -0.907. The average molecular weight is 1140 g/mol. The molecule has 0 spiro atoms. The van der Waals surface area contributed by atoms with Crippen LogP contribution < -0.4 is 10.2 Å². The number of likely N-dealkylation sites (N-methyl/N-ethyl adjacent to an activating group) is 1. The molecule has 10 heteroatoms. The Kier molecular flexibility index (Phi) is 56.8. The van der Waals surface area contributed by atoms with Crippen LogP contribution in [-0.2, 0) is 27.9 Å². The number of carbonyl (C=O) groups excluding carboxylic acids is 2. The van der Waals surface area contributed by atoms with Gasteiger partial charge in [-0.3, -0.25) is 14.2 Å². The Morgan fingerprint density at radius 1 is 0.438 bits per heavy atom. The molecule has 0 aliphatic carbocycles. The van der Waals surface area contributed by atoms with Crippen molar-refractivity contribution in [3.8, 4) is 0 Å². The minimum Gasteiger partial charge on any atom is -0.756 e. The molecule has 0 heterocycles. The van der Waals surface area contributed by atoms with Crippen molar-refractivity contribution in [1.29, 1.82) is 0 Å². The molecule has 3 unspecified atom stereocenters. The van der Waals surface area contributed by atoms with Gasteiger partial charge in [-0.25, -0.2) is 0 Å². The van der Waals surface area contributed by atoms with E-state index in [9.17, 15) is 19.0 Å². The number of amides is 1. The van der Waals surface area contributed by atoms with Crippen LogP contribution in [0.3, 0.4) is 0 Å². The van der Waals surface area contributed by atoms with Gasteiger partial charge in [0.25, 0.3) is 7.82 Å². The molecular formula is C70H125N2O7P. The lowest BCUT2D eigenvalue weighted by Crippen LogP contribution is -2.47. The zero-order valence-corrected chi connectivity index (χ0v) is 53.7. The number of allylic oxidation sites excluding steroid dienone is 15. The molecule has 0 aromatic carbocycles. The first kappa shape index (κ1) is 76.9. The molecule has 0 aliphatic heterocycles. The summed E-state index contributed by atoms with van der Waals surface area (Å²) in [4.78, 5) is 40.1. The fourth-order valence-electron chi connectivity index (χ4n) is 9.10. The molecule has 0 rings (SSSR count). The van der Waals surface area contributed by atoms with Gasteiger partial charge >= 0.3 is 5.97 Å². The summed E-state index contributed by atoms with van der Waals surface area (Å²) in [5.41, 5.74) is 0. The summed E-state index contributed by atoms with van der Waals surface area (Å²) in [5, 5.41) is 3.03. The summed E-state index contributed by atoms with van der Waals surface area (Å²) in [7, 11) is 1.16. The van der Waals surface area contributed by atoms with Crippen molar-refractivity contribution in [3.05, 3.63) is 97.2 Å². The number of phosphoric acid groups is 1. The normalized spacial score (nSPS) is 14.2. The van der Waals surface area contributed by atoms with Crippen LogP contribution in [0.4, 0.5) is 0 Å². The summed E-state index contributed by atoms with van der Waals surface area (Å²) < 4.78 is 30.3. The van der Waals surface area contributed by atoms with Gasteiger partial charge in [-0.15, -0.1) is 0 Å². The number of nitrogens with one attached hydrogen (secondary N) is 1. The summed E-state index contributed by atoms with van der Waals surface area (Å²) in [6.45, 7) is 6.77. The Hall–Kier alpha value is -3.07. The third kappa shape index (κ3) is 59.5. The van der Waals surface area contributed by atoms with E-state index in [4.69, 9.17) is 13.8 Å². The monoisotopic (exact) mass is 1140 g/mol. The molecule has 0 aromatic rings. The van der Waals surface area contributed by atoms with Gasteiger partial charge in [-0.05, 0) is 115 Å². The van der Waals surface area contributed by atoms with Crippen molar-refractivity contribution in [2.45, 2.75) is 296 Å². The fraction of sp³-hybridized carbons (Fsp3) is 0.743. The van der Waals surface area contributed by atoms with E-state index in [1.165, 1.54) is 135 Å². The first-order chi connectivity index (χ1) is 38.9. The van der Waals surface area contributed by atoms with E-state index in [2.05, 4.69) is 111 Å². The highest BCUT2D eigenvalue weighted by Crippen LogP contribution is 2.38. The predicted octanol–water partition coefficient (Wildman–Crippen LogP) is 20.1. The number of ether oxygens (including phenoxy) is 1. The van der Waals surface area contributed by atoms with E-state index in [1.807, 2.05) is 33.3 Å². The molecule has 0 saturated heterocycles. The lowest BCUT2D eigenvalue weighted by atomic mass is 10.0. The lowest BCUT2D eigenvalue weighted by Gasteiger charge is -2.30. The smallest absolute Gasteiger partial charge is 0.306 e. The van der Waals surface area contributed by atoms with Crippen molar-refractivity contribution in [2.75, 3.05) is 40.9 Å². The number of phosphoric ester groups is 1. The Labute approximate surface area is 494 Å². The number of rotatable bonds is 59. The highest BCUT2D eigenvalue weighted by Gasteiger charge is 2.27. The summed E-state index contributed by atoms with van der Waals surface area (Å²) in [5.74, 6) is -0.574. The second-order valence-electron chi connectivity index (χ2n) is 23.3. The maximum atomic E-state index is 13.6. The standard InChI is InChI=1S/C70H125N2O7P/c1-7-10-13-16-19-22-25-28-30-32-33-34-35-36-37-38-39-41-42-44-47-50-53-56-59-62-69(73)71-67(66-78-80(75,76)77-65-64-72(4,5)6)68(61-58-55-52-49-46-27-24-21-18-15-12-9-3)79-70(74)63-60-57-54-51-48-45-43-40-31-29-26-23-20-17-14-11-8-2/h19-20,22-23,28-31,33-34,36-37,43,45,58,61,67-68H,7-18,21,24-27,32,35,38-42,44,46-57,59-60,62-66H2,1-6H3,(H-,71,73,75,76)/b22-19-,23-20-,30-28-,31-29-,34-33-,37-36-,45-43-,61-58-. The van der Waals surface area contributed by atoms with Crippen LogP contribution in [0.15, 0.2) is 97.2 Å². The molecule has 3 atom stereocenters. The van der Waals surface area contributed by atoms with E-state index in [0.29, 0.717) is 23.9 Å². The second kappa shape index (κ2) is 59.1. The maximum absolute atomic E-state index is 13.6. The van der Waals surface area contributed by atoms with Crippen LogP contribution in [0.5, 0.6) is 0 Å². The molecule has 462 valence electrons. The van der Waals surface area contributed by atoms with Gasteiger partial charge < -0.3 is 28.5 Å². The average Bonchev–Trinajstić information content (AvgIpc) is 3.42. The van der Waals surface area contributed by atoms with Crippen molar-refractivity contribution in [2.24, 2.45) is 0 Å². The minimum absolute atomic E-state index is 0.0315.